The van der Waals surface area contributed by atoms with E-state index in [0.717, 1.165) is 37.2 Å². The molecule has 2 atom stereocenters. The zero-order chi connectivity index (χ0) is 39.7. The Balaban J connectivity index is 0.912. The van der Waals surface area contributed by atoms with Gasteiger partial charge in [0.1, 0.15) is 35.3 Å². The standard InChI is InChI=1S/C41H40N8O6S/c1-22-12-17-31(38(52)44-22)49-39(53)29-10-8-11-32(35(29)40(49)54)55-21-28(50)9-6-5-7-18-43-33(51)19-30-37-47-46-25(4)48(37)41-34(23(2)24(3)56-41)36(45-30)27-15-13-26(20-42)14-16-27/h8,10-11,13-16,30-31H,1,5-7,9,12,17-19,21H2,2-4H3,(H,43,51)(H,44,52)/t30-,31?/m0/s1. The van der Waals surface area contributed by atoms with Crippen molar-refractivity contribution in [3.63, 3.8) is 0 Å². The highest BCUT2D eigenvalue weighted by Crippen LogP contribution is 2.40. The number of unbranched alkanes of at least 4 members (excludes halogenated alkanes) is 2. The molecule has 14 nitrogen and oxygen atoms in total. The van der Waals surface area contributed by atoms with Crippen molar-refractivity contribution in [2.75, 3.05) is 13.2 Å². The average Bonchev–Trinajstić information content (AvgIpc) is 3.76. The molecular weight excluding hydrogens is 733 g/mol. The van der Waals surface area contributed by atoms with E-state index in [1.54, 1.807) is 29.5 Å². The summed E-state index contributed by atoms with van der Waals surface area (Å²) in [6, 6.07) is 12.5. The fraction of sp³-hybridized carbons (Fsp3) is 0.341. The number of Topliss-reactive ketones (excluding diaryl/α,β-unsaturated/α-hetero) is 1. The van der Waals surface area contributed by atoms with Crippen LogP contribution in [-0.2, 0) is 14.4 Å². The predicted molar refractivity (Wildman–Crippen MR) is 207 cm³/mol. The lowest BCUT2D eigenvalue weighted by Crippen LogP contribution is -2.51. The number of nitrogens with one attached hydrogen (secondary N) is 2. The third-order valence-electron chi connectivity index (χ3n) is 10.3. The van der Waals surface area contributed by atoms with Gasteiger partial charge in [0.25, 0.3) is 11.8 Å². The molecule has 286 valence electrons. The molecule has 56 heavy (non-hydrogen) atoms. The molecular formula is C41H40N8O6S. The molecule has 1 fully saturated rings. The van der Waals surface area contributed by atoms with E-state index in [2.05, 4.69) is 47.3 Å². The van der Waals surface area contributed by atoms with E-state index in [-0.39, 0.29) is 54.4 Å². The number of carbonyl (C=O) groups excluding carboxylic acids is 5. The number of thiophene rings is 1. The van der Waals surface area contributed by atoms with Crippen molar-refractivity contribution in [1.82, 2.24) is 30.3 Å². The number of hydrogen-bond donors (Lipinski definition) is 2. The van der Waals surface area contributed by atoms with Gasteiger partial charge in [0.15, 0.2) is 11.6 Å². The second-order valence-corrected chi connectivity index (χ2v) is 15.3. The lowest BCUT2D eigenvalue weighted by molar-refractivity contribution is -0.125. The molecule has 0 radical (unpaired) electrons. The second kappa shape index (κ2) is 15.8. The number of amides is 4. The maximum atomic E-state index is 13.3. The molecule has 15 heteroatoms. The van der Waals surface area contributed by atoms with Crippen LogP contribution in [0, 0.1) is 32.1 Å². The number of aryl methyl sites for hydroxylation is 2. The van der Waals surface area contributed by atoms with Crippen molar-refractivity contribution >= 4 is 46.5 Å². The van der Waals surface area contributed by atoms with E-state index >= 15 is 0 Å². The van der Waals surface area contributed by atoms with Crippen LogP contribution in [0.25, 0.3) is 5.00 Å². The number of benzene rings is 2. The Hall–Kier alpha value is -6.27. The largest absolute Gasteiger partial charge is 0.485 e. The first-order valence-corrected chi connectivity index (χ1v) is 19.3. The van der Waals surface area contributed by atoms with Crippen LogP contribution in [0.3, 0.4) is 0 Å². The first kappa shape index (κ1) is 38.0. The molecule has 0 aliphatic carbocycles. The van der Waals surface area contributed by atoms with Gasteiger partial charge in [-0.2, -0.15) is 5.26 Å². The van der Waals surface area contributed by atoms with Gasteiger partial charge in [0, 0.05) is 34.7 Å². The number of piperidine rings is 1. The fourth-order valence-electron chi connectivity index (χ4n) is 7.24. The highest BCUT2D eigenvalue weighted by atomic mass is 32.1. The van der Waals surface area contributed by atoms with Crippen LogP contribution >= 0.6 is 11.3 Å². The monoisotopic (exact) mass is 772 g/mol. The van der Waals surface area contributed by atoms with Gasteiger partial charge in [0.2, 0.25) is 11.8 Å². The number of rotatable bonds is 13. The number of hydrogen-bond acceptors (Lipinski definition) is 11. The van der Waals surface area contributed by atoms with Crippen molar-refractivity contribution in [1.29, 1.82) is 5.26 Å². The second-order valence-electron chi connectivity index (χ2n) is 14.1. The normalized spacial score (nSPS) is 17.3. The highest BCUT2D eigenvalue weighted by molar-refractivity contribution is 7.15. The van der Waals surface area contributed by atoms with Gasteiger partial charge in [-0.1, -0.05) is 31.2 Å². The summed E-state index contributed by atoms with van der Waals surface area (Å²) in [5, 5.41) is 24.7. The third-order valence-corrected chi connectivity index (χ3v) is 11.5. The molecule has 5 heterocycles. The molecule has 0 saturated carbocycles. The molecule has 7 rings (SSSR count). The summed E-state index contributed by atoms with van der Waals surface area (Å²) in [5.74, 6) is -0.616. The Bertz CT molecular complexity index is 2370. The summed E-state index contributed by atoms with van der Waals surface area (Å²) >= 11 is 1.63. The summed E-state index contributed by atoms with van der Waals surface area (Å²) in [4.78, 5) is 72.3. The summed E-state index contributed by atoms with van der Waals surface area (Å²) in [7, 11) is 0. The van der Waals surface area contributed by atoms with E-state index < -0.39 is 29.8 Å². The van der Waals surface area contributed by atoms with Gasteiger partial charge in [-0.25, -0.2) is 0 Å². The number of allylic oxidation sites excluding steroid dienone is 1. The molecule has 4 amide bonds. The maximum Gasteiger partial charge on any atom is 0.266 e. The van der Waals surface area contributed by atoms with E-state index in [1.165, 1.54) is 12.1 Å². The number of aliphatic imine (C=N–C) groups is 1. The van der Waals surface area contributed by atoms with Gasteiger partial charge in [-0.05, 0) is 76.3 Å². The SMILES string of the molecule is C=C1CCC(N2C(=O)c3cccc(OCC(=O)CCCCCNC(=O)C[C@@H]4N=C(c5ccc(C#N)cc5)c5c(sc(C)c5C)-n5c(C)nnc54)c3C2=O)C(=O)N1. The van der Waals surface area contributed by atoms with Gasteiger partial charge in [-0.3, -0.25) is 38.4 Å². The Labute approximate surface area is 327 Å². The van der Waals surface area contributed by atoms with Crippen LogP contribution in [0.2, 0.25) is 0 Å². The molecule has 0 bridgehead atoms. The maximum absolute atomic E-state index is 13.3. The quantitative estimate of drug-likeness (QED) is 0.137. The molecule has 2 aromatic carbocycles. The molecule has 2 aromatic heterocycles. The van der Waals surface area contributed by atoms with Crippen molar-refractivity contribution in [3.05, 3.63) is 105 Å². The summed E-state index contributed by atoms with van der Waals surface area (Å²) in [5.41, 5.74) is 4.89. The minimum absolute atomic E-state index is 0.0509. The van der Waals surface area contributed by atoms with E-state index in [4.69, 9.17) is 9.73 Å². The number of ether oxygens (including phenoxy) is 1. The number of nitriles is 1. The van der Waals surface area contributed by atoms with Gasteiger partial charge >= 0.3 is 0 Å². The summed E-state index contributed by atoms with van der Waals surface area (Å²) in [6.07, 6.45) is 2.93. The first-order chi connectivity index (χ1) is 27.0. The lowest BCUT2D eigenvalue weighted by atomic mass is 9.99. The Morgan fingerprint density at radius 3 is 2.57 bits per heavy atom. The van der Waals surface area contributed by atoms with E-state index in [1.807, 2.05) is 23.6 Å². The zero-order valence-electron chi connectivity index (χ0n) is 31.3. The van der Waals surface area contributed by atoms with Gasteiger partial charge in [-0.15, -0.1) is 21.5 Å². The zero-order valence-corrected chi connectivity index (χ0v) is 32.1. The number of imide groups is 1. The minimum Gasteiger partial charge on any atom is -0.485 e. The average molecular weight is 773 g/mol. The van der Waals surface area contributed by atoms with Crippen molar-refractivity contribution in [2.45, 2.75) is 77.8 Å². The highest BCUT2D eigenvalue weighted by Gasteiger charge is 2.45. The Kier molecular flexibility index (Phi) is 10.8. The van der Waals surface area contributed by atoms with Crippen LogP contribution in [0.5, 0.6) is 5.75 Å². The van der Waals surface area contributed by atoms with Crippen LogP contribution in [-0.4, -0.2) is 74.0 Å². The number of carbonyl (C=O) groups is 5. The van der Waals surface area contributed by atoms with Crippen LogP contribution in [0.4, 0.5) is 0 Å². The molecule has 1 unspecified atom stereocenters. The molecule has 4 aromatic rings. The van der Waals surface area contributed by atoms with E-state index in [9.17, 15) is 29.2 Å². The third kappa shape index (κ3) is 7.27. The Morgan fingerprint density at radius 1 is 1.04 bits per heavy atom. The summed E-state index contributed by atoms with van der Waals surface area (Å²) < 4.78 is 7.74. The minimum atomic E-state index is -0.945. The van der Waals surface area contributed by atoms with Gasteiger partial charge < -0.3 is 15.4 Å². The van der Waals surface area contributed by atoms with Crippen LogP contribution in [0.1, 0.15) is 110 Å². The molecule has 0 spiro atoms. The molecule has 1 saturated heterocycles. The molecule has 3 aliphatic rings. The smallest absolute Gasteiger partial charge is 0.266 e. The topological polar surface area (TPSA) is 189 Å². The van der Waals surface area contributed by atoms with Crippen LogP contribution in [0.15, 0.2) is 59.7 Å². The van der Waals surface area contributed by atoms with Gasteiger partial charge in [0.05, 0.1) is 34.9 Å². The number of aromatic nitrogens is 3. The summed E-state index contributed by atoms with van der Waals surface area (Å²) in [6.45, 7) is 9.89. The number of nitrogens with zero attached hydrogens (tertiary/aromatic N) is 6. The number of ketones is 1. The lowest BCUT2D eigenvalue weighted by Gasteiger charge is -2.29. The van der Waals surface area contributed by atoms with Crippen molar-refractivity contribution in [2.24, 2.45) is 4.99 Å². The Morgan fingerprint density at radius 2 is 1.82 bits per heavy atom. The number of fused-ring (bicyclic) bond motifs is 4. The van der Waals surface area contributed by atoms with E-state index in [0.29, 0.717) is 55.1 Å². The molecule has 2 N–H and O–H groups in total. The van der Waals surface area contributed by atoms with Crippen molar-refractivity contribution in [3.8, 4) is 16.8 Å². The fourth-order valence-corrected chi connectivity index (χ4v) is 8.46. The van der Waals surface area contributed by atoms with Crippen molar-refractivity contribution < 1.29 is 28.7 Å². The molecule has 3 aliphatic heterocycles. The predicted octanol–water partition coefficient (Wildman–Crippen LogP) is 5.12. The van der Waals surface area contributed by atoms with Crippen LogP contribution < -0.4 is 15.4 Å². The first-order valence-electron chi connectivity index (χ1n) is 18.5.